The van der Waals surface area contributed by atoms with E-state index in [9.17, 15) is 9.59 Å². The maximum atomic E-state index is 13.1. The lowest BCUT2D eigenvalue weighted by molar-refractivity contribution is -0.142. The zero-order chi connectivity index (χ0) is 24.1. The number of nitrogens with one attached hydrogen (secondary N) is 1. The van der Waals surface area contributed by atoms with Gasteiger partial charge in [-0.1, -0.05) is 56.6 Å². The Morgan fingerprint density at radius 2 is 1.53 bits per heavy atom. The van der Waals surface area contributed by atoms with E-state index in [-0.39, 0.29) is 30.4 Å². The minimum Gasteiger partial charge on any atom is -0.484 e. The van der Waals surface area contributed by atoms with Crippen molar-refractivity contribution in [3.05, 3.63) is 64.7 Å². The van der Waals surface area contributed by atoms with Crippen molar-refractivity contribution in [2.45, 2.75) is 72.0 Å². The number of hydrogen-bond acceptors (Lipinski definition) is 3. The van der Waals surface area contributed by atoms with Crippen molar-refractivity contribution in [2.75, 3.05) is 6.61 Å². The summed E-state index contributed by atoms with van der Waals surface area (Å²) in [6, 6.07) is 14.3. The molecular weight excluding hydrogens is 424 g/mol. The van der Waals surface area contributed by atoms with Crippen molar-refractivity contribution in [1.29, 1.82) is 0 Å². The van der Waals surface area contributed by atoms with Gasteiger partial charge in [-0.3, -0.25) is 9.59 Å². The summed E-state index contributed by atoms with van der Waals surface area (Å²) in [7, 11) is 0. The molecule has 2 aromatic rings. The van der Waals surface area contributed by atoms with Gasteiger partial charge in [-0.05, 0) is 68.5 Å². The van der Waals surface area contributed by atoms with Gasteiger partial charge in [-0.2, -0.15) is 0 Å². The smallest absolute Gasteiger partial charge is 0.261 e. The number of ether oxygens (including phenoxy) is 1. The normalized spacial score (nSPS) is 12.8. The molecule has 0 aliphatic rings. The molecule has 32 heavy (non-hydrogen) atoms. The Morgan fingerprint density at radius 1 is 0.969 bits per heavy atom. The van der Waals surface area contributed by atoms with E-state index in [1.807, 2.05) is 57.2 Å². The molecule has 0 aromatic heterocycles. The molecule has 1 N–H and O–H groups in total. The first-order valence-electron chi connectivity index (χ1n) is 10.9. The van der Waals surface area contributed by atoms with Crippen LogP contribution in [0.3, 0.4) is 0 Å². The van der Waals surface area contributed by atoms with Crippen LogP contribution in [-0.4, -0.2) is 34.9 Å². The molecule has 0 spiro atoms. The standard InChI is InChI=1S/C26H35ClN2O3/c1-18(24(31)28-26(5,6)7)29(16-19-8-12-21(27)13-9-19)23(30)17-32-22-14-10-20(11-15-22)25(2,3)4/h8-15,18H,16-17H2,1-7H3,(H,28,31). The third-order valence-electron chi connectivity index (χ3n) is 5.01. The maximum absolute atomic E-state index is 13.1. The molecule has 0 fully saturated rings. The first-order chi connectivity index (χ1) is 14.8. The van der Waals surface area contributed by atoms with Crippen LogP contribution in [-0.2, 0) is 21.5 Å². The van der Waals surface area contributed by atoms with Crippen LogP contribution in [0.2, 0.25) is 5.02 Å². The highest BCUT2D eigenvalue weighted by Gasteiger charge is 2.28. The Hall–Kier alpha value is -2.53. The molecule has 5 nitrogen and oxygen atoms in total. The second kappa shape index (κ2) is 10.4. The Bertz CT molecular complexity index is 910. The van der Waals surface area contributed by atoms with Gasteiger partial charge in [0.2, 0.25) is 5.91 Å². The molecule has 0 saturated carbocycles. The summed E-state index contributed by atoms with van der Waals surface area (Å²) in [5.41, 5.74) is 1.71. The van der Waals surface area contributed by atoms with Crippen LogP contribution < -0.4 is 10.1 Å². The predicted octanol–water partition coefficient (Wildman–Crippen LogP) is 5.35. The van der Waals surface area contributed by atoms with Crippen LogP contribution in [0.15, 0.2) is 48.5 Å². The van der Waals surface area contributed by atoms with Crippen molar-refractivity contribution in [1.82, 2.24) is 10.2 Å². The summed E-state index contributed by atoms with van der Waals surface area (Å²) in [4.78, 5) is 27.4. The van der Waals surface area contributed by atoms with Gasteiger partial charge in [0.15, 0.2) is 6.61 Å². The van der Waals surface area contributed by atoms with Crippen LogP contribution in [0.1, 0.15) is 59.6 Å². The van der Waals surface area contributed by atoms with E-state index in [1.54, 1.807) is 19.1 Å². The molecule has 2 rings (SSSR count). The number of halogens is 1. The molecule has 174 valence electrons. The molecule has 6 heteroatoms. The highest BCUT2D eigenvalue weighted by atomic mass is 35.5. The topological polar surface area (TPSA) is 58.6 Å². The van der Waals surface area contributed by atoms with Gasteiger partial charge in [0.1, 0.15) is 11.8 Å². The monoisotopic (exact) mass is 458 g/mol. The van der Waals surface area contributed by atoms with Gasteiger partial charge in [-0.25, -0.2) is 0 Å². The van der Waals surface area contributed by atoms with E-state index in [1.165, 1.54) is 10.5 Å². The van der Waals surface area contributed by atoms with Crippen molar-refractivity contribution >= 4 is 23.4 Å². The first kappa shape index (κ1) is 25.7. The molecule has 0 radical (unpaired) electrons. The fourth-order valence-corrected chi connectivity index (χ4v) is 3.25. The van der Waals surface area contributed by atoms with Gasteiger partial charge >= 0.3 is 0 Å². The molecule has 1 unspecified atom stereocenters. The lowest BCUT2D eigenvalue weighted by Crippen LogP contribution is -2.53. The van der Waals surface area contributed by atoms with Crippen LogP contribution in [0.5, 0.6) is 5.75 Å². The molecular formula is C26H35ClN2O3. The quantitative estimate of drug-likeness (QED) is 0.608. The van der Waals surface area contributed by atoms with Crippen molar-refractivity contribution in [3.63, 3.8) is 0 Å². The zero-order valence-corrected chi connectivity index (χ0v) is 20.9. The van der Waals surface area contributed by atoms with Gasteiger partial charge in [0.25, 0.3) is 5.91 Å². The third kappa shape index (κ3) is 7.86. The SMILES string of the molecule is CC(C(=O)NC(C)(C)C)N(Cc1ccc(Cl)cc1)C(=O)COc1ccc(C(C)(C)C)cc1. The van der Waals surface area contributed by atoms with Gasteiger partial charge < -0.3 is 15.0 Å². The molecule has 0 saturated heterocycles. The Labute approximate surface area is 197 Å². The summed E-state index contributed by atoms with van der Waals surface area (Å²) in [6.07, 6.45) is 0. The van der Waals surface area contributed by atoms with E-state index in [0.717, 1.165) is 5.56 Å². The second-order valence-electron chi connectivity index (χ2n) is 10.1. The fraction of sp³-hybridized carbons (Fsp3) is 0.462. The molecule has 0 aliphatic heterocycles. The Morgan fingerprint density at radius 3 is 2.03 bits per heavy atom. The average molecular weight is 459 g/mol. The first-order valence-corrected chi connectivity index (χ1v) is 11.2. The predicted molar refractivity (Wildman–Crippen MR) is 130 cm³/mol. The average Bonchev–Trinajstić information content (AvgIpc) is 2.69. The summed E-state index contributed by atoms with van der Waals surface area (Å²) in [5.74, 6) is 0.135. The minimum atomic E-state index is -0.663. The van der Waals surface area contributed by atoms with Crippen molar-refractivity contribution in [2.24, 2.45) is 0 Å². The van der Waals surface area contributed by atoms with E-state index < -0.39 is 11.6 Å². The lowest BCUT2D eigenvalue weighted by atomic mass is 9.87. The van der Waals surface area contributed by atoms with Crippen molar-refractivity contribution in [3.8, 4) is 5.75 Å². The number of rotatable bonds is 7. The van der Waals surface area contributed by atoms with Crippen molar-refractivity contribution < 1.29 is 14.3 Å². The van der Waals surface area contributed by atoms with E-state index in [4.69, 9.17) is 16.3 Å². The molecule has 0 heterocycles. The number of carbonyl (C=O) groups excluding carboxylic acids is 2. The summed E-state index contributed by atoms with van der Waals surface area (Å²) in [5, 5.41) is 3.57. The Balaban J connectivity index is 2.15. The van der Waals surface area contributed by atoms with E-state index in [2.05, 4.69) is 26.1 Å². The molecule has 1 atom stereocenters. The number of benzene rings is 2. The lowest BCUT2D eigenvalue weighted by Gasteiger charge is -2.31. The van der Waals surface area contributed by atoms with Gasteiger partial charge in [0, 0.05) is 17.1 Å². The van der Waals surface area contributed by atoms with Crippen LogP contribution in [0, 0.1) is 0 Å². The van der Waals surface area contributed by atoms with E-state index >= 15 is 0 Å². The number of amides is 2. The fourth-order valence-electron chi connectivity index (χ4n) is 3.12. The van der Waals surface area contributed by atoms with Gasteiger partial charge in [0.05, 0.1) is 0 Å². The Kier molecular flexibility index (Phi) is 8.35. The zero-order valence-electron chi connectivity index (χ0n) is 20.2. The van der Waals surface area contributed by atoms with Crippen LogP contribution in [0.25, 0.3) is 0 Å². The number of nitrogens with zero attached hydrogens (tertiary/aromatic N) is 1. The molecule has 2 aromatic carbocycles. The maximum Gasteiger partial charge on any atom is 0.261 e. The third-order valence-corrected chi connectivity index (χ3v) is 5.27. The molecule has 0 aliphatic carbocycles. The largest absolute Gasteiger partial charge is 0.484 e. The molecule has 2 amide bonds. The van der Waals surface area contributed by atoms with Crippen LogP contribution in [0.4, 0.5) is 0 Å². The second-order valence-corrected chi connectivity index (χ2v) is 10.6. The van der Waals surface area contributed by atoms with Gasteiger partial charge in [-0.15, -0.1) is 0 Å². The van der Waals surface area contributed by atoms with E-state index in [0.29, 0.717) is 10.8 Å². The summed E-state index contributed by atoms with van der Waals surface area (Å²) in [6.45, 7) is 14.0. The number of carbonyl (C=O) groups is 2. The van der Waals surface area contributed by atoms with Crippen LogP contribution >= 0.6 is 11.6 Å². The minimum absolute atomic E-state index is 0.0412. The number of hydrogen-bond donors (Lipinski definition) is 1. The summed E-state index contributed by atoms with van der Waals surface area (Å²) >= 11 is 5.99. The highest BCUT2D eigenvalue weighted by Crippen LogP contribution is 2.24. The molecule has 0 bridgehead atoms. The summed E-state index contributed by atoms with van der Waals surface area (Å²) < 4.78 is 5.76. The highest BCUT2D eigenvalue weighted by molar-refractivity contribution is 6.30.